The Labute approximate surface area is 445 Å². The molecule has 2 heterocycles. The summed E-state index contributed by atoms with van der Waals surface area (Å²) in [5.41, 5.74) is 0. The molecule has 2 aliphatic rings. The number of aliphatic hydroxyl groups is 7. The molecule has 11 unspecified atom stereocenters. The minimum absolute atomic E-state index is 0.0293. The standard InChI is InChI=1S/C60H100O14/c1-3-5-7-9-11-13-15-17-19-21-23-24-25-26-28-30-32-34-36-38-40-42-44-69-46-49(72-52(62)43-41-39-37-35-33-31-29-27-22-20-18-16-14-12-10-8-6-4-2)47-70-59-58(68)56(66)54(64)51(74-59)48-71-60-57(67)55(65)53(63)50(45-61)73-60/h5,7,11,13-14,16-17,19-20,22-24,26,28,32,34,49-51,53-61,63-68H,3-4,6,8-10,12,15,18,21,25,27,29-31,33,35-48H2,1-2H3/b7-5-,13-11-,16-14-,19-17-,22-20-,24-23-,28-26-,34-32-. The summed E-state index contributed by atoms with van der Waals surface area (Å²) in [6.07, 6.45) is 44.6. The minimum atomic E-state index is -1.72. The molecule has 0 saturated carbocycles. The lowest BCUT2D eigenvalue weighted by Crippen LogP contribution is -2.61. The smallest absolute Gasteiger partial charge is 0.306 e. The highest BCUT2D eigenvalue weighted by Gasteiger charge is 2.47. The van der Waals surface area contributed by atoms with E-state index in [1.807, 2.05) is 0 Å². The molecule has 2 aliphatic heterocycles. The lowest BCUT2D eigenvalue weighted by atomic mass is 9.98. The number of hydrogen-bond acceptors (Lipinski definition) is 14. The zero-order valence-corrected chi connectivity index (χ0v) is 45.3. The van der Waals surface area contributed by atoms with Gasteiger partial charge in [0.25, 0.3) is 0 Å². The summed E-state index contributed by atoms with van der Waals surface area (Å²) in [6.45, 7) is 3.45. The average Bonchev–Trinajstić information content (AvgIpc) is 3.40. The van der Waals surface area contributed by atoms with Gasteiger partial charge in [-0.05, 0) is 96.3 Å². The molecule has 0 radical (unpaired) electrons. The van der Waals surface area contributed by atoms with Crippen molar-refractivity contribution in [2.24, 2.45) is 0 Å². The van der Waals surface area contributed by atoms with Gasteiger partial charge in [0, 0.05) is 13.0 Å². The Hall–Kier alpha value is -3.09. The molecular weight excluding hydrogens is 945 g/mol. The lowest BCUT2D eigenvalue weighted by Gasteiger charge is -2.42. The van der Waals surface area contributed by atoms with Gasteiger partial charge in [-0.1, -0.05) is 169 Å². The predicted octanol–water partition coefficient (Wildman–Crippen LogP) is 9.80. The van der Waals surface area contributed by atoms with Crippen LogP contribution in [0.25, 0.3) is 0 Å². The second-order valence-electron chi connectivity index (χ2n) is 19.4. The van der Waals surface area contributed by atoms with Gasteiger partial charge in [-0.15, -0.1) is 0 Å². The maximum atomic E-state index is 13.1. The normalized spacial score (nSPS) is 25.5. The average molecular weight is 1050 g/mol. The molecule has 74 heavy (non-hydrogen) atoms. The number of aliphatic hydroxyl groups excluding tert-OH is 7. The zero-order chi connectivity index (χ0) is 53.7. The maximum Gasteiger partial charge on any atom is 0.306 e. The van der Waals surface area contributed by atoms with E-state index in [0.717, 1.165) is 103 Å². The van der Waals surface area contributed by atoms with Crippen molar-refractivity contribution < 1.29 is 69.0 Å². The molecule has 11 atom stereocenters. The second-order valence-corrected chi connectivity index (χ2v) is 19.4. The summed E-state index contributed by atoms with van der Waals surface area (Å²) in [6, 6.07) is 0. The van der Waals surface area contributed by atoms with Gasteiger partial charge in [0.15, 0.2) is 12.6 Å². The van der Waals surface area contributed by atoms with E-state index in [4.69, 9.17) is 28.4 Å². The predicted molar refractivity (Wildman–Crippen MR) is 293 cm³/mol. The number of carbonyl (C=O) groups is 1. The number of ether oxygens (including phenoxy) is 6. The van der Waals surface area contributed by atoms with E-state index < -0.39 is 86.7 Å². The summed E-state index contributed by atoms with van der Waals surface area (Å²) in [5.74, 6) is -0.400. The summed E-state index contributed by atoms with van der Waals surface area (Å²) in [5, 5.41) is 72.3. The molecule has 0 aliphatic carbocycles. The topological polar surface area (TPSA) is 214 Å². The van der Waals surface area contributed by atoms with Gasteiger partial charge in [0.05, 0.1) is 26.4 Å². The number of unbranched alkanes of at least 4 members (excludes halogenated alkanes) is 14. The highest BCUT2D eigenvalue weighted by molar-refractivity contribution is 5.69. The molecule has 2 fully saturated rings. The summed E-state index contributed by atoms with van der Waals surface area (Å²) in [4.78, 5) is 13.1. The van der Waals surface area contributed by atoms with Crippen LogP contribution in [0.15, 0.2) is 97.2 Å². The Kier molecular flexibility index (Phi) is 41.7. The largest absolute Gasteiger partial charge is 0.457 e. The van der Waals surface area contributed by atoms with Crippen molar-refractivity contribution in [2.75, 3.05) is 33.0 Å². The first-order chi connectivity index (χ1) is 36.1. The molecule has 0 amide bonds. The zero-order valence-electron chi connectivity index (χ0n) is 45.3. The van der Waals surface area contributed by atoms with Crippen LogP contribution in [0.4, 0.5) is 0 Å². The van der Waals surface area contributed by atoms with Gasteiger partial charge in [0.1, 0.15) is 54.9 Å². The Morgan fingerprint density at radius 2 is 0.878 bits per heavy atom. The maximum absolute atomic E-state index is 13.1. The number of carbonyl (C=O) groups excluding carboxylic acids is 1. The van der Waals surface area contributed by atoms with E-state index in [1.54, 1.807) is 0 Å². The minimum Gasteiger partial charge on any atom is -0.457 e. The van der Waals surface area contributed by atoms with Crippen molar-refractivity contribution in [1.82, 2.24) is 0 Å². The molecule has 14 nitrogen and oxygen atoms in total. The lowest BCUT2D eigenvalue weighted by molar-refractivity contribution is -0.332. The summed E-state index contributed by atoms with van der Waals surface area (Å²) < 4.78 is 34.3. The van der Waals surface area contributed by atoms with Crippen LogP contribution in [0.1, 0.15) is 174 Å². The fourth-order valence-corrected chi connectivity index (χ4v) is 8.26. The van der Waals surface area contributed by atoms with E-state index in [0.29, 0.717) is 13.0 Å². The van der Waals surface area contributed by atoms with Crippen LogP contribution in [0.2, 0.25) is 0 Å². The van der Waals surface area contributed by atoms with Crippen molar-refractivity contribution in [3.05, 3.63) is 97.2 Å². The van der Waals surface area contributed by atoms with E-state index in [1.165, 1.54) is 44.9 Å². The van der Waals surface area contributed by atoms with Gasteiger partial charge in [-0.3, -0.25) is 4.79 Å². The van der Waals surface area contributed by atoms with Crippen molar-refractivity contribution >= 4 is 5.97 Å². The van der Waals surface area contributed by atoms with Crippen LogP contribution in [0.3, 0.4) is 0 Å². The van der Waals surface area contributed by atoms with Gasteiger partial charge >= 0.3 is 5.97 Å². The third-order valence-corrected chi connectivity index (χ3v) is 12.8. The molecule has 0 aromatic heterocycles. The first-order valence-corrected chi connectivity index (χ1v) is 28.3. The van der Waals surface area contributed by atoms with Crippen molar-refractivity contribution in [1.29, 1.82) is 0 Å². The Morgan fingerprint density at radius 1 is 0.459 bits per heavy atom. The van der Waals surface area contributed by atoms with E-state index in [-0.39, 0.29) is 19.6 Å². The van der Waals surface area contributed by atoms with Crippen molar-refractivity contribution in [3.63, 3.8) is 0 Å². The van der Waals surface area contributed by atoms with Gasteiger partial charge in [0.2, 0.25) is 0 Å². The Balaban J connectivity index is 1.76. The van der Waals surface area contributed by atoms with Gasteiger partial charge in [-0.25, -0.2) is 0 Å². The van der Waals surface area contributed by atoms with E-state index >= 15 is 0 Å². The molecule has 7 N–H and O–H groups in total. The molecule has 2 rings (SSSR count). The van der Waals surface area contributed by atoms with Crippen LogP contribution in [0, 0.1) is 0 Å². The number of allylic oxidation sites excluding steroid dienone is 16. The number of rotatable bonds is 44. The third-order valence-electron chi connectivity index (χ3n) is 12.8. The first kappa shape index (κ1) is 67.0. The highest BCUT2D eigenvalue weighted by atomic mass is 16.7. The second kappa shape index (κ2) is 46.0. The third kappa shape index (κ3) is 32.5. The van der Waals surface area contributed by atoms with Gasteiger partial charge < -0.3 is 64.2 Å². The Bertz CT molecular complexity index is 1590. The molecule has 14 heteroatoms. The molecule has 424 valence electrons. The van der Waals surface area contributed by atoms with Crippen molar-refractivity contribution in [2.45, 2.75) is 242 Å². The molecule has 2 saturated heterocycles. The molecule has 0 bridgehead atoms. The number of esters is 1. The summed E-state index contributed by atoms with van der Waals surface area (Å²) >= 11 is 0. The van der Waals surface area contributed by atoms with Crippen LogP contribution >= 0.6 is 0 Å². The fraction of sp³-hybridized carbons (Fsp3) is 0.717. The van der Waals surface area contributed by atoms with Crippen LogP contribution in [-0.2, 0) is 33.2 Å². The summed E-state index contributed by atoms with van der Waals surface area (Å²) in [7, 11) is 0. The fourth-order valence-electron chi connectivity index (χ4n) is 8.26. The van der Waals surface area contributed by atoms with Crippen LogP contribution in [-0.4, -0.2) is 142 Å². The van der Waals surface area contributed by atoms with Crippen molar-refractivity contribution in [3.8, 4) is 0 Å². The molecule has 0 aromatic rings. The molecule has 0 spiro atoms. The number of hydrogen-bond donors (Lipinski definition) is 7. The Morgan fingerprint density at radius 3 is 1.38 bits per heavy atom. The molecule has 0 aromatic carbocycles. The highest BCUT2D eigenvalue weighted by Crippen LogP contribution is 2.26. The first-order valence-electron chi connectivity index (χ1n) is 28.3. The SMILES string of the molecule is CC/C=C\C/C=C\C/C=C\C/C=C\C/C=C\C/C=C\CCCCCOCC(COC1OC(COC2OC(CO)C(O)C(O)C2O)C(O)C(O)C1O)OC(=O)CCCCCCCCC/C=C\C/C=C\CCCCCC. The van der Waals surface area contributed by atoms with Gasteiger partial charge in [-0.2, -0.15) is 0 Å². The van der Waals surface area contributed by atoms with E-state index in [2.05, 4.69) is 111 Å². The molecular formula is C60H100O14. The van der Waals surface area contributed by atoms with Crippen LogP contribution in [0.5, 0.6) is 0 Å². The van der Waals surface area contributed by atoms with E-state index in [9.17, 15) is 40.5 Å². The monoisotopic (exact) mass is 1040 g/mol. The quantitative estimate of drug-likeness (QED) is 0.0172. The van der Waals surface area contributed by atoms with Crippen LogP contribution < -0.4 is 0 Å².